The van der Waals surface area contributed by atoms with E-state index in [2.05, 4.69) is 0 Å². The largest absolute Gasteiger partial charge is 0.300 e. The molecule has 0 saturated heterocycles. The first-order valence-corrected chi connectivity index (χ1v) is 1.20. The molecule has 0 atom stereocenters. The molecule has 0 aliphatic rings. The van der Waals surface area contributed by atoms with E-state index >= 15 is 0 Å². The predicted molar refractivity (Wildman–Crippen MR) is 22.1 cm³/mol. The number of carbonyl (C=O) groups is 1. The molecule has 0 unspecified atom stereocenters. The van der Waals surface area contributed by atoms with Crippen molar-refractivity contribution < 1.29 is 4.79 Å². The second-order valence-corrected chi connectivity index (χ2v) is 0.908. The van der Waals surface area contributed by atoms with E-state index < -0.39 is 0 Å². The zero-order valence-corrected chi connectivity index (χ0v) is 8.06. The monoisotopic (exact) mass is 196 g/mol. The van der Waals surface area contributed by atoms with Crippen LogP contribution in [-0.2, 0) is 4.79 Å². The van der Waals surface area contributed by atoms with Gasteiger partial charge in [-0.05, 0) is 13.8 Å². The van der Waals surface area contributed by atoms with Gasteiger partial charge < -0.3 is 4.79 Å². The van der Waals surface area contributed by atoms with Gasteiger partial charge in [0.25, 0.3) is 0 Å². The molecule has 0 aromatic rings. The normalized spacial score (nSPS) is 5.20. The third-order valence-electron chi connectivity index (χ3n) is 0. The minimum atomic E-state index is 0. The van der Waals surface area contributed by atoms with Crippen molar-refractivity contribution in [2.45, 2.75) is 13.8 Å². The fourth-order valence-corrected chi connectivity index (χ4v) is 0. The number of carbonyl (C=O) groups excluding carboxylic acids is 1. The smallest absolute Gasteiger partial charge is 0.126 e. The first-order valence-electron chi connectivity index (χ1n) is 1.20. The Morgan fingerprint density at radius 2 is 1.40 bits per heavy atom. The zero-order chi connectivity index (χ0) is 3.58. The molecule has 0 bridgehead atoms. The van der Waals surface area contributed by atoms with Crippen LogP contribution in [0, 0.1) is 0 Å². The number of rotatable bonds is 0. The second kappa shape index (κ2) is 5.24. The molecule has 0 spiro atoms. The number of hydrogen-bond acceptors (Lipinski definition) is 1. The Bertz CT molecular complexity index is 29.9. The van der Waals surface area contributed by atoms with Gasteiger partial charge in [-0.25, -0.2) is 0 Å². The summed E-state index contributed by atoms with van der Waals surface area (Å²) >= 11 is 0. The Balaban J connectivity index is 0. The van der Waals surface area contributed by atoms with Crippen molar-refractivity contribution in [3.63, 3.8) is 0 Å². The molecule has 0 aliphatic heterocycles. The summed E-state index contributed by atoms with van der Waals surface area (Å²) in [5.41, 5.74) is 0. The Hall–Kier alpha value is 1.24. The van der Waals surface area contributed by atoms with Gasteiger partial charge in [0.1, 0.15) is 5.78 Å². The predicted octanol–water partition coefficient (Wildman–Crippen LogP) is 0.214. The zero-order valence-electron chi connectivity index (χ0n) is 3.62. The molecule has 0 rings (SSSR count). The van der Waals surface area contributed by atoms with Gasteiger partial charge in [-0.3, -0.25) is 0 Å². The van der Waals surface area contributed by atoms with Crippen LogP contribution in [0.4, 0.5) is 0 Å². The van der Waals surface area contributed by atoms with E-state index in [-0.39, 0.29) is 54.7 Å². The van der Waals surface area contributed by atoms with E-state index in [0.717, 1.165) is 0 Å². The summed E-state index contributed by atoms with van der Waals surface area (Å²) in [4.78, 5) is 9.44. The van der Waals surface area contributed by atoms with Gasteiger partial charge in [-0.1, -0.05) is 0 Å². The summed E-state index contributed by atoms with van der Waals surface area (Å²) in [7, 11) is 0. The SMILES string of the molecule is CC(C)=O.[Ba]. The van der Waals surface area contributed by atoms with Crippen molar-refractivity contribution in [3.8, 4) is 0 Å². The van der Waals surface area contributed by atoms with E-state index in [1.165, 1.54) is 13.8 Å². The van der Waals surface area contributed by atoms with Crippen molar-refractivity contribution in [1.29, 1.82) is 0 Å². The van der Waals surface area contributed by atoms with Crippen LogP contribution >= 0.6 is 0 Å². The molecule has 0 fully saturated rings. The van der Waals surface area contributed by atoms with Crippen LogP contribution in [0.5, 0.6) is 0 Å². The molecular weight excluding hydrogens is 189 g/mol. The maximum Gasteiger partial charge on any atom is 0.126 e. The van der Waals surface area contributed by atoms with Crippen LogP contribution in [0.1, 0.15) is 13.8 Å². The topological polar surface area (TPSA) is 17.1 Å². The number of hydrogen-bond donors (Lipinski definition) is 0. The second-order valence-electron chi connectivity index (χ2n) is 0.908. The summed E-state index contributed by atoms with van der Waals surface area (Å²) in [5.74, 6) is 0.167. The molecule has 0 aromatic carbocycles. The third kappa shape index (κ3) is 35.7. The van der Waals surface area contributed by atoms with Crippen LogP contribution in [0.2, 0.25) is 0 Å². The van der Waals surface area contributed by atoms with Crippen LogP contribution in [-0.4, -0.2) is 54.7 Å². The summed E-state index contributed by atoms with van der Waals surface area (Å²) in [6.45, 7) is 3.06. The average molecular weight is 195 g/mol. The minimum absolute atomic E-state index is 0. The maximum absolute atomic E-state index is 9.44. The quantitative estimate of drug-likeness (QED) is 0.505. The number of Topliss-reactive ketones (excluding diaryl/α,β-unsaturated/α-hetero) is 1. The van der Waals surface area contributed by atoms with E-state index in [1.807, 2.05) is 0 Å². The van der Waals surface area contributed by atoms with Gasteiger partial charge >= 0.3 is 0 Å². The first kappa shape index (κ1) is 9.53. The third-order valence-corrected chi connectivity index (χ3v) is 0. The Morgan fingerprint density at radius 1 is 1.40 bits per heavy atom. The first-order chi connectivity index (χ1) is 1.73. The molecule has 0 heterocycles. The van der Waals surface area contributed by atoms with Crippen LogP contribution in [0.3, 0.4) is 0 Å². The molecule has 26 valence electrons. The van der Waals surface area contributed by atoms with Crippen molar-refractivity contribution >= 4 is 54.7 Å². The molecule has 1 nitrogen and oxygen atoms in total. The Morgan fingerprint density at radius 3 is 1.40 bits per heavy atom. The van der Waals surface area contributed by atoms with Gasteiger partial charge in [0, 0.05) is 48.9 Å². The maximum atomic E-state index is 9.44. The van der Waals surface area contributed by atoms with E-state index in [9.17, 15) is 4.79 Å². The molecule has 0 amide bonds. The summed E-state index contributed by atoms with van der Waals surface area (Å²) in [6, 6.07) is 0. The van der Waals surface area contributed by atoms with E-state index in [4.69, 9.17) is 0 Å². The van der Waals surface area contributed by atoms with Crippen molar-refractivity contribution in [2.24, 2.45) is 0 Å². The fraction of sp³-hybridized carbons (Fsp3) is 0.667. The molecule has 0 saturated carbocycles. The van der Waals surface area contributed by atoms with Gasteiger partial charge in [0.15, 0.2) is 0 Å². The molecular formula is C3H6BaO. The summed E-state index contributed by atoms with van der Waals surface area (Å²) in [5, 5.41) is 0. The standard InChI is InChI=1S/C3H6O.Ba/c1-3(2)4;/h1-2H3;. The van der Waals surface area contributed by atoms with Crippen LogP contribution in [0.25, 0.3) is 0 Å². The molecule has 2 heteroatoms. The van der Waals surface area contributed by atoms with Crippen molar-refractivity contribution in [1.82, 2.24) is 0 Å². The Labute approximate surface area is 72.2 Å². The van der Waals surface area contributed by atoms with Crippen LogP contribution in [0.15, 0.2) is 0 Å². The van der Waals surface area contributed by atoms with E-state index in [1.54, 1.807) is 0 Å². The van der Waals surface area contributed by atoms with Crippen molar-refractivity contribution in [2.75, 3.05) is 0 Å². The van der Waals surface area contributed by atoms with Gasteiger partial charge in [-0.2, -0.15) is 0 Å². The van der Waals surface area contributed by atoms with Crippen molar-refractivity contribution in [3.05, 3.63) is 0 Å². The summed E-state index contributed by atoms with van der Waals surface area (Å²) < 4.78 is 0. The molecule has 5 heavy (non-hydrogen) atoms. The molecule has 0 aromatic heterocycles. The van der Waals surface area contributed by atoms with Gasteiger partial charge in [-0.15, -0.1) is 0 Å². The summed E-state index contributed by atoms with van der Waals surface area (Å²) in [6.07, 6.45) is 0. The minimum Gasteiger partial charge on any atom is -0.300 e. The number of ketones is 1. The molecule has 0 aliphatic carbocycles. The fourth-order valence-electron chi connectivity index (χ4n) is 0. The van der Waals surface area contributed by atoms with Crippen LogP contribution < -0.4 is 0 Å². The van der Waals surface area contributed by atoms with E-state index in [0.29, 0.717) is 0 Å². The average Bonchev–Trinajstić information content (AvgIpc) is 0.811. The molecule has 0 N–H and O–H groups in total. The van der Waals surface area contributed by atoms with Gasteiger partial charge in [0.05, 0.1) is 0 Å². The Kier molecular flexibility index (Phi) is 9.99. The van der Waals surface area contributed by atoms with Gasteiger partial charge in [0.2, 0.25) is 0 Å². The molecule has 2 radical (unpaired) electrons.